The Balaban J connectivity index is 1.40. The van der Waals surface area contributed by atoms with Crippen molar-refractivity contribution in [3.63, 3.8) is 0 Å². The van der Waals surface area contributed by atoms with E-state index >= 15 is 0 Å². The summed E-state index contributed by atoms with van der Waals surface area (Å²) in [5, 5.41) is 15.7. The molecule has 0 saturated carbocycles. The highest BCUT2D eigenvalue weighted by atomic mass is 16.5. The third-order valence-electron chi connectivity index (χ3n) is 5.18. The maximum absolute atomic E-state index is 12.6. The zero-order valence-electron chi connectivity index (χ0n) is 15.7. The average molecular weight is 366 g/mol. The molecule has 0 aliphatic carbocycles. The fraction of sp³-hybridized carbons (Fsp3) is 0.421. The fourth-order valence-electron chi connectivity index (χ4n) is 3.45. The third kappa shape index (κ3) is 3.47. The van der Waals surface area contributed by atoms with Crippen LogP contribution in [0.2, 0.25) is 0 Å². The number of fused-ring (bicyclic) bond motifs is 1. The van der Waals surface area contributed by atoms with E-state index in [1.807, 2.05) is 39.0 Å². The molecule has 1 aliphatic heterocycles. The van der Waals surface area contributed by atoms with Crippen LogP contribution >= 0.6 is 0 Å². The topological polar surface area (TPSA) is 85.5 Å². The van der Waals surface area contributed by atoms with E-state index < -0.39 is 0 Å². The molecule has 0 bridgehead atoms. The monoisotopic (exact) mass is 366 g/mol. The van der Waals surface area contributed by atoms with Gasteiger partial charge >= 0.3 is 5.97 Å². The van der Waals surface area contributed by atoms with E-state index in [-0.39, 0.29) is 11.9 Å². The van der Waals surface area contributed by atoms with Crippen LogP contribution in [0.5, 0.6) is 5.75 Å². The van der Waals surface area contributed by atoms with Crippen LogP contribution in [0.15, 0.2) is 24.3 Å². The van der Waals surface area contributed by atoms with Crippen molar-refractivity contribution in [1.29, 1.82) is 0 Å². The van der Waals surface area contributed by atoms with Crippen molar-refractivity contribution < 1.29 is 9.53 Å². The predicted octanol–water partition coefficient (Wildman–Crippen LogP) is 2.27. The quantitative estimate of drug-likeness (QED) is 0.519. The summed E-state index contributed by atoms with van der Waals surface area (Å²) in [5.41, 5.74) is 3.86. The Hall–Kier alpha value is -3.03. The van der Waals surface area contributed by atoms with Crippen LogP contribution in [-0.4, -0.2) is 44.3 Å². The first-order valence-electron chi connectivity index (χ1n) is 9.11. The van der Waals surface area contributed by atoms with Crippen LogP contribution in [0.4, 0.5) is 5.82 Å². The van der Waals surface area contributed by atoms with Gasteiger partial charge in [-0.3, -0.25) is 4.79 Å². The molecule has 0 spiro atoms. The summed E-state index contributed by atoms with van der Waals surface area (Å²) in [5.74, 6) is 1.24. The zero-order valence-corrected chi connectivity index (χ0v) is 15.7. The number of ether oxygens (including phenoxy) is 1. The summed E-state index contributed by atoms with van der Waals surface area (Å²) >= 11 is 0. The van der Waals surface area contributed by atoms with Crippen LogP contribution in [0.3, 0.4) is 0 Å². The zero-order chi connectivity index (χ0) is 19.0. The van der Waals surface area contributed by atoms with Crippen molar-refractivity contribution in [3.05, 3.63) is 41.0 Å². The van der Waals surface area contributed by atoms with Crippen molar-refractivity contribution >= 4 is 17.4 Å². The summed E-state index contributed by atoms with van der Waals surface area (Å²) in [4.78, 5) is 14.8. The number of tetrazole rings is 1. The first kappa shape index (κ1) is 17.4. The van der Waals surface area contributed by atoms with Gasteiger partial charge < -0.3 is 9.64 Å². The normalized spacial score (nSPS) is 15.3. The number of hydrogen-bond acceptors (Lipinski definition) is 7. The van der Waals surface area contributed by atoms with E-state index in [0.29, 0.717) is 11.4 Å². The standard InChI is InChI=1S/C19H22N6O2/c1-12-10-13(2)14(3)16(11-12)27-19(26)15-6-8-24(9-7-15)18-5-4-17-20-22-23-25(17)21-18/h4-5,10-11,15H,6-9H2,1-3H3. The number of aryl methyl sites for hydroxylation is 2. The van der Waals surface area contributed by atoms with Gasteiger partial charge in [0.1, 0.15) is 5.75 Å². The van der Waals surface area contributed by atoms with Gasteiger partial charge in [0.25, 0.3) is 0 Å². The Morgan fingerprint density at radius 3 is 2.70 bits per heavy atom. The minimum atomic E-state index is -0.147. The van der Waals surface area contributed by atoms with Gasteiger partial charge in [-0.05, 0) is 78.9 Å². The SMILES string of the molecule is Cc1cc(C)c(C)c(OC(=O)C2CCN(c3ccc4nnnn4n3)CC2)c1. The van der Waals surface area contributed by atoms with Gasteiger partial charge in [-0.1, -0.05) is 6.07 Å². The highest BCUT2D eigenvalue weighted by Gasteiger charge is 2.28. The molecule has 8 heteroatoms. The average Bonchev–Trinajstić information content (AvgIpc) is 3.13. The van der Waals surface area contributed by atoms with E-state index in [1.54, 1.807) is 0 Å². The van der Waals surface area contributed by atoms with Crippen LogP contribution in [0.1, 0.15) is 29.5 Å². The molecule has 27 heavy (non-hydrogen) atoms. The number of carbonyl (C=O) groups excluding carboxylic acids is 1. The number of anilines is 1. The molecule has 8 nitrogen and oxygen atoms in total. The van der Waals surface area contributed by atoms with Gasteiger partial charge in [0.05, 0.1) is 5.92 Å². The van der Waals surface area contributed by atoms with Crippen molar-refractivity contribution in [1.82, 2.24) is 25.3 Å². The van der Waals surface area contributed by atoms with Crippen molar-refractivity contribution in [2.45, 2.75) is 33.6 Å². The van der Waals surface area contributed by atoms with E-state index in [2.05, 4.69) is 31.6 Å². The molecule has 0 atom stereocenters. The third-order valence-corrected chi connectivity index (χ3v) is 5.18. The maximum Gasteiger partial charge on any atom is 0.314 e. The number of nitrogens with zero attached hydrogens (tertiary/aromatic N) is 6. The number of benzene rings is 1. The molecular weight excluding hydrogens is 344 g/mol. The smallest absolute Gasteiger partial charge is 0.314 e. The molecule has 3 heterocycles. The summed E-state index contributed by atoms with van der Waals surface area (Å²) in [7, 11) is 0. The number of carbonyl (C=O) groups is 1. The van der Waals surface area contributed by atoms with Gasteiger partial charge in [-0.2, -0.15) is 0 Å². The Labute approximate surface area is 157 Å². The summed E-state index contributed by atoms with van der Waals surface area (Å²) in [6.07, 6.45) is 1.47. The second-order valence-corrected chi connectivity index (χ2v) is 7.11. The second-order valence-electron chi connectivity index (χ2n) is 7.11. The molecular formula is C19H22N6O2. The lowest BCUT2D eigenvalue weighted by Gasteiger charge is -2.31. The highest BCUT2D eigenvalue weighted by Crippen LogP contribution is 2.27. The molecule has 0 unspecified atom stereocenters. The van der Waals surface area contributed by atoms with E-state index in [0.717, 1.165) is 48.4 Å². The van der Waals surface area contributed by atoms with Gasteiger partial charge in [-0.15, -0.1) is 14.8 Å². The summed E-state index contributed by atoms with van der Waals surface area (Å²) < 4.78 is 7.15. The van der Waals surface area contributed by atoms with Crippen molar-refractivity contribution in [3.8, 4) is 5.75 Å². The lowest BCUT2D eigenvalue weighted by Crippen LogP contribution is -2.38. The molecule has 1 aliphatic rings. The first-order valence-corrected chi connectivity index (χ1v) is 9.11. The fourth-order valence-corrected chi connectivity index (χ4v) is 3.45. The van der Waals surface area contributed by atoms with Gasteiger partial charge in [0.15, 0.2) is 11.5 Å². The lowest BCUT2D eigenvalue weighted by atomic mass is 9.97. The Bertz CT molecular complexity index is 991. The summed E-state index contributed by atoms with van der Waals surface area (Å²) in [6, 6.07) is 7.77. The molecule has 140 valence electrons. The number of esters is 1. The van der Waals surface area contributed by atoms with Gasteiger partial charge in [0.2, 0.25) is 0 Å². The molecule has 3 aromatic rings. The number of hydrogen-bond donors (Lipinski definition) is 0. The van der Waals surface area contributed by atoms with Gasteiger partial charge in [0, 0.05) is 13.1 Å². The highest BCUT2D eigenvalue weighted by molar-refractivity contribution is 5.76. The van der Waals surface area contributed by atoms with Crippen LogP contribution < -0.4 is 9.64 Å². The first-order chi connectivity index (χ1) is 13.0. The molecule has 1 aromatic carbocycles. The van der Waals surface area contributed by atoms with Crippen molar-refractivity contribution in [2.24, 2.45) is 5.92 Å². The van der Waals surface area contributed by atoms with E-state index in [1.165, 1.54) is 4.63 Å². The van der Waals surface area contributed by atoms with Crippen LogP contribution in [0.25, 0.3) is 5.65 Å². The summed E-state index contributed by atoms with van der Waals surface area (Å²) in [6.45, 7) is 7.52. The van der Waals surface area contributed by atoms with Crippen LogP contribution in [-0.2, 0) is 4.79 Å². The molecule has 1 saturated heterocycles. The molecule has 0 amide bonds. The lowest BCUT2D eigenvalue weighted by molar-refractivity contribution is -0.139. The Morgan fingerprint density at radius 1 is 1.15 bits per heavy atom. The second kappa shape index (κ2) is 6.94. The molecule has 2 aromatic heterocycles. The van der Waals surface area contributed by atoms with Gasteiger partial charge in [-0.25, -0.2) is 0 Å². The largest absolute Gasteiger partial charge is 0.426 e. The number of piperidine rings is 1. The van der Waals surface area contributed by atoms with Crippen molar-refractivity contribution in [2.75, 3.05) is 18.0 Å². The minimum absolute atomic E-state index is 0.0989. The predicted molar refractivity (Wildman–Crippen MR) is 99.8 cm³/mol. The van der Waals surface area contributed by atoms with Crippen LogP contribution in [0, 0.1) is 26.7 Å². The molecule has 0 N–H and O–H groups in total. The molecule has 1 fully saturated rings. The molecule has 4 rings (SSSR count). The molecule has 0 radical (unpaired) electrons. The number of aromatic nitrogens is 5. The minimum Gasteiger partial charge on any atom is -0.426 e. The van der Waals surface area contributed by atoms with E-state index in [4.69, 9.17) is 4.74 Å². The Morgan fingerprint density at radius 2 is 1.93 bits per heavy atom. The van der Waals surface area contributed by atoms with E-state index in [9.17, 15) is 4.79 Å². The maximum atomic E-state index is 12.6. The Kier molecular flexibility index (Phi) is 4.47. The number of rotatable bonds is 3.